The molecule has 3 rings (SSSR count). The standard InChI is InChI=1S/C16H31N3O2/c1-2-17-12-16(4-8-21-14-16)13-18-5-3-15(11-18)19-6-9-20-10-7-19/h15,17H,2-14H2,1H3. The van der Waals surface area contributed by atoms with Gasteiger partial charge in [-0.15, -0.1) is 0 Å². The van der Waals surface area contributed by atoms with Crippen LogP contribution in [0.1, 0.15) is 19.8 Å². The lowest BCUT2D eigenvalue weighted by Gasteiger charge is -2.34. The highest BCUT2D eigenvalue weighted by Crippen LogP contribution is 2.31. The van der Waals surface area contributed by atoms with Gasteiger partial charge in [0.25, 0.3) is 0 Å². The molecule has 2 atom stereocenters. The molecule has 0 aromatic heterocycles. The van der Waals surface area contributed by atoms with E-state index in [-0.39, 0.29) is 0 Å². The molecule has 0 amide bonds. The molecular formula is C16H31N3O2. The van der Waals surface area contributed by atoms with Gasteiger partial charge in [-0.05, 0) is 25.9 Å². The number of nitrogens with zero attached hydrogens (tertiary/aromatic N) is 2. The van der Waals surface area contributed by atoms with Gasteiger partial charge in [0, 0.05) is 50.8 Å². The Morgan fingerprint density at radius 3 is 2.71 bits per heavy atom. The highest BCUT2D eigenvalue weighted by Gasteiger charge is 2.38. The Hall–Kier alpha value is -0.200. The summed E-state index contributed by atoms with van der Waals surface area (Å²) in [5.41, 5.74) is 0.343. The topological polar surface area (TPSA) is 37.0 Å². The van der Waals surface area contributed by atoms with Gasteiger partial charge in [-0.2, -0.15) is 0 Å². The monoisotopic (exact) mass is 297 g/mol. The molecule has 3 fully saturated rings. The van der Waals surface area contributed by atoms with Crippen LogP contribution in [0.2, 0.25) is 0 Å². The van der Waals surface area contributed by atoms with E-state index in [2.05, 4.69) is 22.0 Å². The fourth-order valence-electron chi connectivity index (χ4n) is 4.03. The lowest BCUT2D eigenvalue weighted by Crippen LogP contribution is -2.47. The molecule has 0 spiro atoms. The first kappa shape index (κ1) is 15.7. The van der Waals surface area contributed by atoms with Gasteiger partial charge in [0.05, 0.1) is 19.8 Å². The lowest BCUT2D eigenvalue weighted by atomic mass is 9.86. The molecule has 0 radical (unpaired) electrons. The first-order valence-electron chi connectivity index (χ1n) is 8.64. The fraction of sp³-hybridized carbons (Fsp3) is 1.00. The number of hydrogen-bond acceptors (Lipinski definition) is 5. The fourth-order valence-corrected chi connectivity index (χ4v) is 4.03. The SMILES string of the molecule is CCNCC1(CN2CCC(N3CCOCC3)C2)CCOC1. The number of morpholine rings is 1. The van der Waals surface area contributed by atoms with Gasteiger partial charge in [0.1, 0.15) is 0 Å². The van der Waals surface area contributed by atoms with Crippen LogP contribution in [-0.2, 0) is 9.47 Å². The van der Waals surface area contributed by atoms with Gasteiger partial charge in [-0.3, -0.25) is 4.90 Å². The van der Waals surface area contributed by atoms with E-state index in [1.165, 1.54) is 32.5 Å². The van der Waals surface area contributed by atoms with Crippen molar-refractivity contribution in [1.29, 1.82) is 0 Å². The van der Waals surface area contributed by atoms with E-state index in [1.54, 1.807) is 0 Å². The third-order valence-corrected chi connectivity index (χ3v) is 5.30. The smallest absolute Gasteiger partial charge is 0.0594 e. The van der Waals surface area contributed by atoms with Crippen molar-refractivity contribution in [2.75, 3.05) is 72.2 Å². The van der Waals surface area contributed by atoms with Gasteiger partial charge >= 0.3 is 0 Å². The number of hydrogen-bond donors (Lipinski definition) is 1. The number of likely N-dealkylation sites (tertiary alicyclic amines) is 1. The molecule has 3 heterocycles. The zero-order valence-corrected chi connectivity index (χ0v) is 13.5. The first-order valence-corrected chi connectivity index (χ1v) is 8.64. The minimum absolute atomic E-state index is 0.343. The van der Waals surface area contributed by atoms with Crippen LogP contribution < -0.4 is 5.32 Å². The highest BCUT2D eigenvalue weighted by molar-refractivity contribution is 4.92. The van der Waals surface area contributed by atoms with Crippen LogP contribution in [0.25, 0.3) is 0 Å². The molecule has 122 valence electrons. The molecule has 2 unspecified atom stereocenters. The third kappa shape index (κ3) is 3.96. The van der Waals surface area contributed by atoms with E-state index in [9.17, 15) is 0 Å². The summed E-state index contributed by atoms with van der Waals surface area (Å²) in [4.78, 5) is 5.30. The molecular weight excluding hydrogens is 266 g/mol. The van der Waals surface area contributed by atoms with Crippen LogP contribution in [-0.4, -0.2) is 88.1 Å². The Labute approximate surface area is 128 Å². The summed E-state index contributed by atoms with van der Waals surface area (Å²) in [6.45, 7) is 13.9. The summed E-state index contributed by atoms with van der Waals surface area (Å²) in [6, 6.07) is 0.743. The largest absolute Gasteiger partial charge is 0.381 e. The van der Waals surface area contributed by atoms with E-state index in [4.69, 9.17) is 9.47 Å². The molecule has 0 bridgehead atoms. The van der Waals surface area contributed by atoms with Crippen LogP contribution in [0, 0.1) is 5.41 Å². The van der Waals surface area contributed by atoms with Crippen molar-refractivity contribution < 1.29 is 9.47 Å². The predicted molar refractivity (Wildman–Crippen MR) is 83.6 cm³/mol. The first-order chi connectivity index (χ1) is 10.3. The maximum atomic E-state index is 5.72. The lowest BCUT2D eigenvalue weighted by molar-refractivity contribution is 0.0174. The Balaban J connectivity index is 1.50. The summed E-state index contributed by atoms with van der Waals surface area (Å²) in [6.07, 6.45) is 2.52. The van der Waals surface area contributed by atoms with Crippen LogP contribution in [0.3, 0.4) is 0 Å². The van der Waals surface area contributed by atoms with Gasteiger partial charge in [0.2, 0.25) is 0 Å². The summed E-state index contributed by atoms with van der Waals surface area (Å²) < 4.78 is 11.2. The van der Waals surface area contributed by atoms with Crippen molar-refractivity contribution >= 4 is 0 Å². The summed E-state index contributed by atoms with van der Waals surface area (Å²) in [5.74, 6) is 0. The Morgan fingerprint density at radius 1 is 1.14 bits per heavy atom. The van der Waals surface area contributed by atoms with Gasteiger partial charge < -0.3 is 19.7 Å². The molecule has 5 heteroatoms. The summed E-state index contributed by atoms with van der Waals surface area (Å²) >= 11 is 0. The van der Waals surface area contributed by atoms with Crippen molar-refractivity contribution in [2.24, 2.45) is 5.41 Å². The van der Waals surface area contributed by atoms with Crippen LogP contribution in [0.4, 0.5) is 0 Å². The Morgan fingerprint density at radius 2 is 2.00 bits per heavy atom. The minimum atomic E-state index is 0.343. The molecule has 5 nitrogen and oxygen atoms in total. The molecule has 3 aliphatic heterocycles. The minimum Gasteiger partial charge on any atom is -0.381 e. The third-order valence-electron chi connectivity index (χ3n) is 5.30. The number of ether oxygens (including phenoxy) is 2. The van der Waals surface area contributed by atoms with Gasteiger partial charge in [-0.1, -0.05) is 6.92 Å². The van der Waals surface area contributed by atoms with E-state index in [0.717, 1.165) is 58.6 Å². The zero-order chi connectivity index (χ0) is 14.5. The predicted octanol–water partition coefficient (Wildman–Crippen LogP) is 0.409. The van der Waals surface area contributed by atoms with E-state index >= 15 is 0 Å². The summed E-state index contributed by atoms with van der Waals surface area (Å²) in [7, 11) is 0. The Bertz CT molecular complexity index is 315. The maximum absolute atomic E-state index is 5.72. The normalized spacial score (nSPS) is 35.6. The van der Waals surface area contributed by atoms with Crippen LogP contribution in [0.5, 0.6) is 0 Å². The second kappa shape index (κ2) is 7.38. The van der Waals surface area contributed by atoms with Crippen molar-refractivity contribution in [3.8, 4) is 0 Å². The molecule has 0 aromatic rings. The molecule has 1 N–H and O–H groups in total. The van der Waals surface area contributed by atoms with Crippen molar-refractivity contribution in [3.63, 3.8) is 0 Å². The molecule has 0 aliphatic carbocycles. The van der Waals surface area contributed by atoms with Crippen molar-refractivity contribution in [2.45, 2.75) is 25.8 Å². The maximum Gasteiger partial charge on any atom is 0.0594 e. The van der Waals surface area contributed by atoms with Gasteiger partial charge in [-0.25, -0.2) is 0 Å². The average Bonchev–Trinajstić information content (AvgIpc) is 3.17. The molecule has 0 saturated carbocycles. The number of nitrogens with one attached hydrogen (secondary N) is 1. The molecule has 3 saturated heterocycles. The Kier molecular flexibility index (Phi) is 5.51. The summed E-state index contributed by atoms with van der Waals surface area (Å²) in [5, 5.41) is 3.55. The van der Waals surface area contributed by atoms with Gasteiger partial charge in [0.15, 0.2) is 0 Å². The highest BCUT2D eigenvalue weighted by atomic mass is 16.5. The number of rotatable bonds is 6. The quantitative estimate of drug-likeness (QED) is 0.768. The van der Waals surface area contributed by atoms with Crippen molar-refractivity contribution in [3.05, 3.63) is 0 Å². The second-order valence-corrected chi connectivity index (χ2v) is 6.91. The molecule has 3 aliphatic rings. The second-order valence-electron chi connectivity index (χ2n) is 6.91. The average molecular weight is 297 g/mol. The van der Waals surface area contributed by atoms with E-state index < -0.39 is 0 Å². The van der Waals surface area contributed by atoms with E-state index in [1.807, 2.05) is 0 Å². The van der Waals surface area contributed by atoms with Crippen LogP contribution in [0.15, 0.2) is 0 Å². The van der Waals surface area contributed by atoms with Crippen LogP contribution >= 0.6 is 0 Å². The molecule has 0 aromatic carbocycles. The zero-order valence-electron chi connectivity index (χ0n) is 13.5. The van der Waals surface area contributed by atoms with E-state index in [0.29, 0.717) is 5.41 Å². The van der Waals surface area contributed by atoms with Crippen molar-refractivity contribution in [1.82, 2.24) is 15.1 Å². The molecule has 21 heavy (non-hydrogen) atoms.